The van der Waals surface area contributed by atoms with Gasteiger partial charge in [0.05, 0.1) is 44.2 Å². The predicted octanol–water partition coefficient (Wildman–Crippen LogP) is 1.62. The Kier molecular flexibility index (Phi) is 3.57. The van der Waals surface area contributed by atoms with Gasteiger partial charge in [0.15, 0.2) is 11.5 Å². The number of anilines is 2. The number of nitrogens with one attached hydrogen (secondary N) is 2. The Hall–Kier alpha value is -2.37. The number of nitrogens with two attached hydrogens (primary N) is 1. The smallest absolute Gasteiger partial charge is 0.162 e. The van der Waals surface area contributed by atoms with Crippen molar-refractivity contribution in [1.29, 1.82) is 0 Å². The molecule has 0 aliphatic heterocycles. The fourth-order valence-electron chi connectivity index (χ4n) is 1.62. The first kappa shape index (κ1) is 12.1. The van der Waals surface area contributed by atoms with Gasteiger partial charge in [-0.1, -0.05) is 0 Å². The lowest BCUT2D eigenvalue weighted by Gasteiger charge is -2.13. The van der Waals surface area contributed by atoms with Gasteiger partial charge >= 0.3 is 0 Å². The van der Waals surface area contributed by atoms with Crippen molar-refractivity contribution >= 4 is 11.4 Å². The molecule has 2 rings (SSSR count). The van der Waals surface area contributed by atoms with Gasteiger partial charge in [-0.15, -0.1) is 0 Å². The number of nitrogen functional groups attached to an aromatic ring is 1. The summed E-state index contributed by atoms with van der Waals surface area (Å²) in [6, 6.07) is 3.54. The highest BCUT2D eigenvalue weighted by Crippen LogP contribution is 2.34. The minimum absolute atomic E-state index is 0.604. The van der Waals surface area contributed by atoms with Gasteiger partial charge in [-0.3, -0.25) is 0 Å². The van der Waals surface area contributed by atoms with Crippen molar-refractivity contribution in [2.24, 2.45) is 0 Å². The van der Waals surface area contributed by atoms with E-state index in [0.29, 0.717) is 23.7 Å². The molecule has 0 aliphatic rings. The maximum absolute atomic E-state index is 5.94. The van der Waals surface area contributed by atoms with Crippen LogP contribution in [-0.2, 0) is 6.54 Å². The van der Waals surface area contributed by atoms with Gasteiger partial charge in [0.25, 0.3) is 0 Å². The zero-order valence-corrected chi connectivity index (χ0v) is 10.4. The molecule has 96 valence electrons. The van der Waals surface area contributed by atoms with Gasteiger partial charge < -0.3 is 25.5 Å². The number of ether oxygens (including phenoxy) is 2. The topological polar surface area (TPSA) is 85.2 Å². The first-order valence-electron chi connectivity index (χ1n) is 5.47. The van der Waals surface area contributed by atoms with Crippen molar-refractivity contribution in [2.45, 2.75) is 6.54 Å². The summed E-state index contributed by atoms with van der Waals surface area (Å²) in [5, 5.41) is 3.21. The van der Waals surface area contributed by atoms with Crippen LogP contribution in [0.25, 0.3) is 0 Å². The number of imidazole rings is 1. The molecule has 6 heteroatoms. The number of nitrogens with zero attached hydrogens (tertiary/aromatic N) is 1. The normalized spacial score (nSPS) is 10.1. The minimum atomic E-state index is 0.604. The third-order valence-corrected chi connectivity index (χ3v) is 2.58. The van der Waals surface area contributed by atoms with Crippen LogP contribution >= 0.6 is 0 Å². The first-order chi connectivity index (χ1) is 8.74. The Balaban J connectivity index is 2.17. The Morgan fingerprint density at radius 3 is 2.61 bits per heavy atom. The number of aromatic nitrogens is 2. The molecule has 0 saturated heterocycles. The fourth-order valence-corrected chi connectivity index (χ4v) is 1.62. The summed E-state index contributed by atoms with van der Waals surface area (Å²) in [7, 11) is 3.17. The lowest BCUT2D eigenvalue weighted by Crippen LogP contribution is -2.04. The summed E-state index contributed by atoms with van der Waals surface area (Å²) in [6.07, 6.45) is 3.39. The zero-order chi connectivity index (χ0) is 13.0. The summed E-state index contributed by atoms with van der Waals surface area (Å²) in [5.41, 5.74) is 8.31. The van der Waals surface area contributed by atoms with Crippen LogP contribution in [0.5, 0.6) is 11.5 Å². The van der Waals surface area contributed by atoms with E-state index < -0.39 is 0 Å². The van der Waals surface area contributed by atoms with Crippen LogP contribution in [-0.4, -0.2) is 24.2 Å². The number of benzene rings is 1. The number of methoxy groups -OCH3 is 2. The van der Waals surface area contributed by atoms with Crippen molar-refractivity contribution in [3.8, 4) is 11.5 Å². The molecule has 0 unspecified atom stereocenters. The van der Waals surface area contributed by atoms with E-state index in [1.165, 1.54) is 0 Å². The molecular weight excluding hydrogens is 232 g/mol. The molecule has 0 saturated carbocycles. The molecule has 0 bridgehead atoms. The van der Waals surface area contributed by atoms with Crippen LogP contribution in [0.15, 0.2) is 24.7 Å². The van der Waals surface area contributed by atoms with Crippen molar-refractivity contribution in [2.75, 3.05) is 25.3 Å². The van der Waals surface area contributed by atoms with Crippen LogP contribution in [0.3, 0.4) is 0 Å². The summed E-state index contributed by atoms with van der Waals surface area (Å²) in [4.78, 5) is 6.95. The summed E-state index contributed by atoms with van der Waals surface area (Å²) >= 11 is 0. The van der Waals surface area contributed by atoms with Crippen molar-refractivity contribution in [1.82, 2.24) is 9.97 Å². The molecular formula is C12H16N4O2. The van der Waals surface area contributed by atoms with E-state index in [1.807, 2.05) is 6.07 Å². The van der Waals surface area contributed by atoms with E-state index >= 15 is 0 Å². The van der Waals surface area contributed by atoms with Crippen LogP contribution in [0.4, 0.5) is 11.4 Å². The molecule has 0 aliphatic carbocycles. The molecule has 2 aromatic rings. The SMILES string of the molecule is COc1cc(N)c(NCc2cnc[nH]2)cc1OC. The average molecular weight is 248 g/mol. The molecule has 0 spiro atoms. The Morgan fingerprint density at radius 1 is 1.28 bits per heavy atom. The van der Waals surface area contributed by atoms with Crippen LogP contribution < -0.4 is 20.5 Å². The summed E-state index contributed by atoms with van der Waals surface area (Å²) < 4.78 is 10.4. The lowest BCUT2D eigenvalue weighted by molar-refractivity contribution is 0.355. The predicted molar refractivity (Wildman–Crippen MR) is 69.9 cm³/mol. The van der Waals surface area contributed by atoms with Gasteiger partial charge in [-0.25, -0.2) is 4.98 Å². The molecule has 0 fully saturated rings. The third-order valence-electron chi connectivity index (χ3n) is 2.58. The van der Waals surface area contributed by atoms with Crippen molar-refractivity contribution < 1.29 is 9.47 Å². The zero-order valence-electron chi connectivity index (χ0n) is 10.4. The fraction of sp³-hybridized carbons (Fsp3) is 0.250. The molecule has 1 aromatic heterocycles. The van der Waals surface area contributed by atoms with E-state index in [2.05, 4.69) is 15.3 Å². The van der Waals surface area contributed by atoms with Gasteiger partial charge in [-0.05, 0) is 0 Å². The number of rotatable bonds is 5. The highest BCUT2D eigenvalue weighted by Gasteiger charge is 2.08. The van der Waals surface area contributed by atoms with Crippen LogP contribution in [0.1, 0.15) is 5.69 Å². The quantitative estimate of drug-likeness (QED) is 0.700. The number of H-pyrrole nitrogens is 1. The highest BCUT2D eigenvalue weighted by atomic mass is 16.5. The summed E-state index contributed by atoms with van der Waals surface area (Å²) in [5.74, 6) is 1.25. The number of hydrogen-bond donors (Lipinski definition) is 3. The molecule has 4 N–H and O–H groups in total. The van der Waals surface area contributed by atoms with E-state index in [-0.39, 0.29) is 0 Å². The molecule has 0 amide bonds. The Morgan fingerprint density at radius 2 is 2.00 bits per heavy atom. The van der Waals surface area contributed by atoms with Gasteiger partial charge in [-0.2, -0.15) is 0 Å². The van der Waals surface area contributed by atoms with Gasteiger partial charge in [0.2, 0.25) is 0 Å². The van der Waals surface area contributed by atoms with Crippen LogP contribution in [0, 0.1) is 0 Å². The Labute approximate surface area is 105 Å². The molecule has 0 radical (unpaired) electrons. The van der Waals surface area contributed by atoms with E-state index in [1.54, 1.807) is 32.8 Å². The highest BCUT2D eigenvalue weighted by molar-refractivity contribution is 5.72. The second-order valence-electron chi connectivity index (χ2n) is 3.72. The molecule has 18 heavy (non-hydrogen) atoms. The van der Waals surface area contributed by atoms with Crippen molar-refractivity contribution in [3.63, 3.8) is 0 Å². The minimum Gasteiger partial charge on any atom is -0.493 e. The summed E-state index contributed by atoms with van der Waals surface area (Å²) in [6.45, 7) is 0.611. The second-order valence-corrected chi connectivity index (χ2v) is 3.72. The number of aromatic amines is 1. The molecule has 0 atom stereocenters. The second kappa shape index (κ2) is 5.31. The van der Waals surface area contributed by atoms with E-state index in [0.717, 1.165) is 11.4 Å². The average Bonchev–Trinajstić information content (AvgIpc) is 2.90. The van der Waals surface area contributed by atoms with Gasteiger partial charge in [0.1, 0.15) is 0 Å². The molecule has 1 aromatic carbocycles. The largest absolute Gasteiger partial charge is 0.493 e. The van der Waals surface area contributed by atoms with Crippen molar-refractivity contribution in [3.05, 3.63) is 30.4 Å². The lowest BCUT2D eigenvalue weighted by atomic mass is 10.2. The maximum Gasteiger partial charge on any atom is 0.162 e. The Bertz CT molecular complexity index is 511. The first-order valence-corrected chi connectivity index (χ1v) is 5.47. The van der Waals surface area contributed by atoms with E-state index in [9.17, 15) is 0 Å². The van der Waals surface area contributed by atoms with Gasteiger partial charge in [0, 0.05) is 18.3 Å². The maximum atomic E-state index is 5.94. The van der Waals surface area contributed by atoms with E-state index in [4.69, 9.17) is 15.2 Å². The monoisotopic (exact) mass is 248 g/mol. The number of hydrogen-bond acceptors (Lipinski definition) is 5. The third kappa shape index (κ3) is 2.48. The van der Waals surface area contributed by atoms with Crippen LogP contribution in [0.2, 0.25) is 0 Å². The molecule has 6 nitrogen and oxygen atoms in total. The standard InChI is InChI=1S/C12H16N4O2/c1-17-11-3-9(13)10(4-12(11)18-2)15-6-8-5-14-7-16-8/h3-5,7,15H,6,13H2,1-2H3,(H,14,16). The molecule has 1 heterocycles.